The molecule has 3 rings (SSSR count). The van der Waals surface area contributed by atoms with Crippen LogP contribution in [0.1, 0.15) is 62.1 Å². The van der Waals surface area contributed by atoms with Gasteiger partial charge in [-0.1, -0.05) is 79.4 Å². The fourth-order valence-electron chi connectivity index (χ4n) is 4.38. The number of carbonyl (C=O) groups is 2. The molecule has 0 aliphatic heterocycles. The zero-order valence-electron chi connectivity index (χ0n) is 18.6. The Morgan fingerprint density at radius 2 is 1.87 bits per heavy atom. The second-order valence-corrected chi connectivity index (χ2v) is 8.92. The summed E-state index contributed by atoms with van der Waals surface area (Å²) in [7, 11) is 0. The lowest BCUT2D eigenvalue weighted by atomic mass is 10.0. The van der Waals surface area contributed by atoms with Crippen molar-refractivity contribution in [3.05, 3.63) is 70.2 Å². The van der Waals surface area contributed by atoms with Crippen LogP contribution in [-0.2, 0) is 22.6 Å². The van der Waals surface area contributed by atoms with E-state index in [1.807, 2.05) is 56.3 Å². The molecule has 2 amide bonds. The van der Waals surface area contributed by atoms with E-state index in [4.69, 9.17) is 11.6 Å². The highest BCUT2D eigenvalue weighted by Gasteiger charge is 2.30. The summed E-state index contributed by atoms with van der Waals surface area (Å²) >= 11 is 6.28. The maximum absolute atomic E-state index is 13.4. The smallest absolute Gasteiger partial charge is 0.243 e. The molecular formula is C26H33ClN2O2. The first-order valence-electron chi connectivity index (χ1n) is 11.4. The molecule has 1 fully saturated rings. The average molecular weight is 441 g/mol. The normalized spacial score (nSPS) is 14.9. The second kappa shape index (κ2) is 11.3. The Labute approximate surface area is 191 Å². The SMILES string of the molecule is CC[C@@H](C(=O)NC1CCCC1)N(Cc1cccc(C)c1)C(=O)CCc1ccccc1Cl. The largest absolute Gasteiger partial charge is 0.352 e. The molecule has 0 unspecified atom stereocenters. The number of nitrogens with zero attached hydrogens (tertiary/aromatic N) is 1. The van der Waals surface area contributed by atoms with Crippen LogP contribution in [0.2, 0.25) is 5.02 Å². The summed E-state index contributed by atoms with van der Waals surface area (Å²) < 4.78 is 0. The number of carbonyl (C=O) groups excluding carboxylic acids is 2. The first-order valence-corrected chi connectivity index (χ1v) is 11.7. The van der Waals surface area contributed by atoms with Crippen LogP contribution in [0.4, 0.5) is 0 Å². The topological polar surface area (TPSA) is 49.4 Å². The van der Waals surface area contributed by atoms with E-state index in [-0.39, 0.29) is 17.9 Å². The van der Waals surface area contributed by atoms with Crippen molar-refractivity contribution in [3.8, 4) is 0 Å². The number of nitrogens with one attached hydrogen (secondary N) is 1. The molecule has 166 valence electrons. The zero-order valence-corrected chi connectivity index (χ0v) is 19.3. The van der Waals surface area contributed by atoms with Crippen LogP contribution in [-0.4, -0.2) is 28.8 Å². The van der Waals surface area contributed by atoms with E-state index in [2.05, 4.69) is 11.4 Å². The van der Waals surface area contributed by atoms with Gasteiger partial charge < -0.3 is 10.2 Å². The number of benzene rings is 2. The van der Waals surface area contributed by atoms with Crippen molar-refractivity contribution in [2.24, 2.45) is 0 Å². The van der Waals surface area contributed by atoms with Gasteiger partial charge in [-0.3, -0.25) is 9.59 Å². The van der Waals surface area contributed by atoms with Crippen LogP contribution in [0.25, 0.3) is 0 Å². The third-order valence-corrected chi connectivity index (χ3v) is 6.46. The van der Waals surface area contributed by atoms with Gasteiger partial charge in [0.15, 0.2) is 0 Å². The third kappa shape index (κ3) is 6.57. The number of aryl methyl sites for hydroxylation is 2. The van der Waals surface area contributed by atoms with E-state index in [0.717, 1.165) is 42.4 Å². The molecular weight excluding hydrogens is 408 g/mol. The highest BCUT2D eigenvalue weighted by atomic mass is 35.5. The standard InChI is InChI=1S/C26H33ClN2O2/c1-3-24(26(31)28-22-12-5-6-13-22)29(18-20-10-8-9-19(2)17-20)25(30)16-15-21-11-4-7-14-23(21)27/h4,7-11,14,17,22,24H,3,5-6,12-13,15-16,18H2,1-2H3,(H,28,31)/t24-/m0/s1. The van der Waals surface area contributed by atoms with Gasteiger partial charge in [-0.25, -0.2) is 0 Å². The van der Waals surface area contributed by atoms with Gasteiger partial charge in [0.05, 0.1) is 0 Å². The molecule has 5 heteroatoms. The van der Waals surface area contributed by atoms with Crippen LogP contribution in [0, 0.1) is 6.92 Å². The van der Waals surface area contributed by atoms with E-state index in [9.17, 15) is 9.59 Å². The summed E-state index contributed by atoms with van der Waals surface area (Å²) in [6.45, 7) is 4.44. The highest BCUT2D eigenvalue weighted by Crippen LogP contribution is 2.21. The van der Waals surface area contributed by atoms with Crippen molar-refractivity contribution in [2.45, 2.75) is 77.4 Å². The molecule has 1 saturated carbocycles. The van der Waals surface area contributed by atoms with Crippen molar-refractivity contribution in [1.82, 2.24) is 10.2 Å². The van der Waals surface area contributed by atoms with E-state index in [1.54, 1.807) is 4.90 Å². The molecule has 0 spiro atoms. The minimum absolute atomic E-state index is 0.0187. The summed E-state index contributed by atoms with van der Waals surface area (Å²) in [5.41, 5.74) is 3.14. The highest BCUT2D eigenvalue weighted by molar-refractivity contribution is 6.31. The second-order valence-electron chi connectivity index (χ2n) is 8.52. The Bertz CT molecular complexity index is 892. The summed E-state index contributed by atoms with van der Waals surface area (Å²) in [6, 6.07) is 15.5. The molecule has 0 heterocycles. The van der Waals surface area contributed by atoms with Crippen LogP contribution < -0.4 is 5.32 Å². The van der Waals surface area contributed by atoms with Crippen molar-refractivity contribution in [1.29, 1.82) is 0 Å². The van der Waals surface area contributed by atoms with Crippen LogP contribution in [0.3, 0.4) is 0 Å². The predicted octanol–water partition coefficient (Wildman–Crippen LogP) is 5.45. The first-order chi connectivity index (χ1) is 15.0. The maximum atomic E-state index is 13.4. The molecule has 0 radical (unpaired) electrons. The third-order valence-electron chi connectivity index (χ3n) is 6.09. The predicted molar refractivity (Wildman–Crippen MR) is 126 cm³/mol. The van der Waals surface area contributed by atoms with Gasteiger partial charge >= 0.3 is 0 Å². The van der Waals surface area contributed by atoms with E-state index >= 15 is 0 Å². The Morgan fingerprint density at radius 3 is 2.55 bits per heavy atom. The number of hydrogen-bond donors (Lipinski definition) is 1. The average Bonchev–Trinajstić information content (AvgIpc) is 3.26. The van der Waals surface area contributed by atoms with Gasteiger partial charge in [0.25, 0.3) is 0 Å². The molecule has 2 aromatic rings. The van der Waals surface area contributed by atoms with Crippen LogP contribution >= 0.6 is 11.6 Å². The molecule has 2 aromatic carbocycles. The molecule has 4 nitrogen and oxygen atoms in total. The van der Waals surface area contributed by atoms with E-state index < -0.39 is 6.04 Å². The number of halogens is 1. The molecule has 0 aromatic heterocycles. The monoisotopic (exact) mass is 440 g/mol. The van der Waals surface area contributed by atoms with Gasteiger partial charge in [-0.15, -0.1) is 0 Å². The van der Waals surface area contributed by atoms with Gasteiger partial charge in [-0.2, -0.15) is 0 Å². The summed E-state index contributed by atoms with van der Waals surface area (Å²) in [6.07, 6.45) is 5.84. The summed E-state index contributed by atoms with van der Waals surface area (Å²) in [5, 5.41) is 3.86. The van der Waals surface area contributed by atoms with Crippen molar-refractivity contribution < 1.29 is 9.59 Å². The number of amides is 2. The van der Waals surface area contributed by atoms with Gasteiger partial charge in [-0.05, 0) is 49.8 Å². The molecule has 1 N–H and O–H groups in total. The molecule has 1 aliphatic carbocycles. The summed E-state index contributed by atoms with van der Waals surface area (Å²) in [5.74, 6) is -0.0528. The zero-order chi connectivity index (χ0) is 22.2. The first kappa shape index (κ1) is 23.3. The Morgan fingerprint density at radius 1 is 1.13 bits per heavy atom. The van der Waals surface area contributed by atoms with Crippen molar-refractivity contribution >= 4 is 23.4 Å². The molecule has 0 bridgehead atoms. The van der Waals surface area contributed by atoms with Crippen molar-refractivity contribution in [2.75, 3.05) is 0 Å². The molecule has 1 atom stereocenters. The lowest BCUT2D eigenvalue weighted by Gasteiger charge is -2.31. The molecule has 0 saturated heterocycles. The molecule has 1 aliphatic rings. The quantitative estimate of drug-likeness (QED) is 0.563. The van der Waals surface area contributed by atoms with Gasteiger partial charge in [0.1, 0.15) is 6.04 Å². The van der Waals surface area contributed by atoms with Gasteiger partial charge in [0.2, 0.25) is 11.8 Å². The van der Waals surface area contributed by atoms with Crippen LogP contribution in [0.15, 0.2) is 48.5 Å². The van der Waals surface area contributed by atoms with Gasteiger partial charge in [0, 0.05) is 24.0 Å². The Balaban J connectivity index is 1.77. The van der Waals surface area contributed by atoms with E-state index in [1.165, 1.54) is 0 Å². The lowest BCUT2D eigenvalue weighted by Crippen LogP contribution is -2.51. The molecule has 31 heavy (non-hydrogen) atoms. The van der Waals surface area contributed by atoms with Crippen molar-refractivity contribution in [3.63, 3.8) is 0 Å². The maximum Gasteiger partial charge on any atom is 0.243 e. The summed E-state index contributed by atoms with van der Waals surface area (Å²) in [4.78, 5) is 28.3. The fourth-order valence-corrected chi connectivity index (χ4v) is 4.61. The minimum Gasteiger partial charge on any atom is -0.352 e. The lowest BCUT2D eigenvalue weighted by molar-refractivity contribution is -0.141. The minimum atomic E-state index is -0.472. The Kier molecular flexibility index (Phi) is 8.53. The fraction of sp³-hybridized carbons (Fsp3) is 0.462. The van der Waals surface area contributed by atoms with E-state index in [0.29, 0.717) is 30.8 Å². The van der Waals surface area contributed by atoms with Crippen LogP contribution in [0.5, 0.6) is 0 Å². The number of hydrogen-bond acceptors (Lipinski definition) is 2. The number of rotatable bonds is 9. The Hall–Kier alpha value is -2.33.